The summed E-state index contributed by atoms with van der Waals surface area (Å²) in [6.45, 7) is 15.3. The van der Waals surface area contributed by atoms with Crippen molar-refractivity contribution >= 4 is 23.6 Å². The zero-order chi connectivity index (χ0) is 28.4. The Morgan fingerprint density at radius 1 is 1.03 bits per heavy atom. The lowest BCUT2D eigenvalue weighted by atomic mass is 9.86. The number of nitrogens with zero attached hydrogens (tertiary/aromatic N) is 4. The first-order chi connectivity index (χ1) is 18.3. The van der Waals surface area contributed by atoms with E-state index in [0.717, 1.165) is 38.9 Å². The molecule has 3 fully saturated rings. The van der Waals surface area contributed by atoms with Crippen molar-refractivity contribution in [2.24, 2.45) is 5.92 Å². The number of nitrogens with one attached hydrogen (secondary N) is 1. The molecule has 2 N–H and O–H groups in total. The third kappa shape index (κ3) is 7.42. The van der Waals surface area contributed by atoms with Gasteiger partial charge in [0, 0.05) is 56.5 Å². The molecule has 1 aromatic carbocycles. The minimum absolute atomic E-state index is 0.00502. The molecule has 1 unspecified atom stereocenters. The van der Waals surface area contributed by atoms with Crippen molar-refractivity contribution in [1.29, 1.82) is 0 Å². The first-order valence-corrected chi connectivity index (χ1v) is 14.2. The Bertz CT molecular complexity index is 1030. The molecular weight excluding hydrogens is 498 g/mol. The number of carbonyl (C=O) groups excluding carboxylic acids is 3. The SMILES string of the molecule is C[C@H]1CN(C2(C)CCN(C(=O)OC(C)(C)C)CC2)CCN1C(=O)CN1CCC(C(=O)Nc2ccc(O)cc2)C1. The van der Waals surface area contributed by atoms with Gasteiger partial charge in [-0.2, -0.15) is 0 Å². The lowest BCUT2D eigenvalue weighted by Gasteiger charge is -2.51. The van der Waals surface area contributed by atoms with Gasteiger partial charge in [0.1, 0.15) is 11.4 Å². The van der Waals surface area contributed by atoms with Crippen LogP contribution in [0.3, 0.4) is 0 Å². The number of phenolic OH excluding ortho intramolecular Hbond substituents is 1. The van der Waals surface area contributed by atoms with Crippen molar-refractivity contribution in [3.05, 3.63) is 24.3 Å². The van der Waals surface area contributed by atoms with Crippen LogP contribution in [0.15, 0.2) is 24.3 Å². The maximum absolute atomic E-state index is 13.2. The van der Waals surface area contributed by atoms with Gasteiger partial charge in [0.05, 0.1) is 12.5 Å². The molecule has 0 aliphatic carbocycles. The highest BCUT2D eigenvalue weighted by Crippen LogP contribution is 2.31. The quantitative estimate of drug-likeness (QED) is 0.550. The zero-order valence-corrected chi connectivity index (χ0v) is 24.1. The van der Waals surface area contributed by atoms with Gasteiger partial charge in [0.15, 0.2) is 0 Å². The number of benzene rings is 1. The Morgan fingerprint density at radius 3 is 2.31 bits per heavy atom. The van der Waals surface area contributed by atoms with Crippen LogP contribution in [0.2, 0.25) is 0 Å². The monoisotopic (exact) mass is 543 g/mol. The fourth-order valence-corrected chi connectivity index (χ4v) is 5.89. The van der Waals surface area contributed by atoms with Crippen molar-refractivity contribution in [2.45, 2.75) is 71.1 Å². The second kappa shape index (κ2) is 11.7. The van der Waals surface area contributed by atoms with Crippen LogP contribution >= 0.6 is 0 Å². The summed E-state index contributed by atoms with van der Waals surface area (Å²) in [5.41, 5.74) is 0.157. The first-order valence-electron chi connectivity index (χ1n) is 14.2. The Hall–Kier alpha value is -2.85. The topological polar surface area (TPSA) is 106 Å². The van der Waals surface area contributed by atoms with Crippen LogP contribution in [0.4, 0.5) is 10.5 Å². The van der Waals surface area contributed by atoms with Crippen molar-refractivity contribution in [3.8, 4) is 5.75 Å². The molecule has 3 aliphatic rings. The van der Waals surface area contributed by atoms with Crippen molar-refractivity contribution in [3.63, 3.8) is 0 Å². The average Bonchev–Trinajstić information content (AvgIpc) is 3.33. The molecular formula is C29H45N5O5. The minimum Gasteiger partial charge on any atom is -0.508 e. The Morgan fingerprint density at radius 2 is 1.69 bits per heavy atom. The van der Waals surface area contributed by atoms with E-state index in [1.165, 1.54) is 0 Å². The summed E-state index contributed by atoms with van der Waals surface area (Å²) in [6, 6.07) is 6.54. The van der Waals surface area contributed by atoms with Crippen molar-refractivity contribution < 1.29 is 24.2 Å². The predicted molar refractivity (Wildman–Crippen MR) is 149 cm³/mol. The van der Waals surface area contributed by atoms with Gasteiger partial charge in [-0.25, -0.2) is 4.79 Å². The van der Waals surface area contributed by atoms with Crippen LogP contribution in [0.25, 0.3) is 0 Å². The highest BCUT2D eigenvalue weighted by atomic mass is 16.6. The van der Waals surface area contributed by atoms with E-state index < -0.39 is 5.60 Å². The number of likely N-dealkylation sites (tertiary alicyclic amines) is 2. The number of piperidine rings is 1. The zero-order valence-electron chi connectivity index (χ0n) is 24.1. The number of hydrogen-bond acceptors (Lipinski definition) is 7. The molecule has 10 nitrogen and oxygen atoms in total. The summed E-state index contributed by atoms with van der Waals surface area (Å²) in [5, 5.41) is 12.3. The fraction of sp³-hybridized carbons (Fsp3) is 0.690. The number of hydrogen-bond donors (Lipinski definition) is 2. The van der Waals surface area contributed by atoms with Gasteiger partial charge in [-0.15, -0.1) is 0 Å². The van der Waals surface area contributed by atoms with Gasteiger partial charge < -0.3 is 25.0 Å². The van der Waals surface area contributed by atoms with Gasteiger partial charge in [-0.3, -0.25) is 19.4 Å². The molecule has 1 aromatic rings. The van der Waals surface area contributed by atoms with Crippen molar-refractivity contribution in [1.82, 2.24) is 19.6 Å². The Labute approximate surface area is 232 Å². The molecule has 10 heteroatoms. The molecule has 0 radical (unpaired) electrons. The van der Waals surface area contributed by atoms with Crippen molar-refractivity contribution in [2.75, 3.05) is 57.7 Å². The smallest absolute Gasteiger partial charge is 0.410 e. The molecule has 3 aliphatic heterocycles. The summed E-state index contributed by atoms with van der Waals surface area (Å²) < 4.78 is 5.55. The number of ether oxygens (including phenoxy) is 1. The number of aromatic hydroxyl groups is 1. The van der Waals surface area contributed by atoms with Crippen LogP contribution in [0.5, 0.6) is 5.75 Å². The Kier molecular flexibility index (Phi) is 8.75. The second-order valence-electron chi connectivity index (χ2n) is 12.6. The van der Waals surface area contributed by atoms with E-state index in [0.29, 0.717) is 38.4 Å². The summed E-state index contributed by atoms with van der Waals surface area (Å²) in [7, 11) is 0. The van der Waals surface area contributed by atoms with Crippen LogP contribution in [-0.4, -0.2) is 112 Å². The lowest BCUT2D eigenvalue weighted by molar-refractivity contribution is -0.138. The molecule has 0 bridgehead atoms. The van der Waals surface area contributed by atoms with E-state index in [4.69, 9.17) is 4.74 Å². The first kappa shape index (κ1) is 29.1. The van der Waals surface area contributed by atoms with Crippen LogP contribution in [0, 0.1) is 5.92 Å². The van der Waals surface area contributed by atoms with Crippen LogP contribution in [0.1, 0.15) is 53.9 Å². The molecule has 0 aromatic heterocycles. The highest BCUT2D eigenvalue weighted by molar-refractivity contribution is 5.93. The average molecular weight is 544 g/mol. The van der Waals surface area contributed by atoms with Gasteiger partial charge in [0.2, 0.25) is 11.8 Å². The second-order valence-corrected chi connectivity index (χ2v) is 12.6. The molecule has 39 heavy (non-hydrogen) atoms. The standard InChI is InChI=1S/C29H45N5O5/c1-21-18-33(29(5)11-14-32(15-12-29)27(38)39-28(2,3)4)16-17-34(21)25(36)20-31-13-10-22(19-31)26(37)30-23-6-8-24(35)9-7-23/h6-9,21-22,35H,10-20H2,1-5H3,(H,30,37)/t21-,22?/m0/s1. The molecule has 3 amide bonds. The van der Waals surface area contributed by atoms with Crippen LogP contribution < -0.4 is 5.32 Å². The number of piperazine rings is 1. The van der Waals surface area contributed by atoms with E-state index in [9.17, 15) is 19.5 Å². The van der Waals surface area contributed by atoms with E-state index in [1.54, 1.807) is 24.3 Å². The summed E-state index contributed by atoms with van der Waals surface area (Å²) in [5.74, 6) is 0.0638. The molecule has 3 saturated heterocycles. The number of amides is 3. The molecule has 4 rings (SSSR count). The fourth-order valence-electron chi connectivity index (χ4n) is 5.89. The largest absolute Gasteiger partial charge is 0.508 e. The Balaban J connectivity index is 1.22. The van der Waals surface area contributed by atoms with Crippen LogP contribution in [-0.2, 0) is 14.3 Å². The summed E-state index contributed by atoms with van der Waals surface area (Å²) in [4.78, 5) is 46.8. The molecule has 216 valence electrons. The van der Waals surface area contributed by atoms with Gasteiger partial charge >= 0.3 is 6.09 Å². The minimum atomic E-state index is -0.494. The van der Waals surface area contributed by atoms with Gasteiger partial charge in [-0.05, 0) is 84.7 Å². The highest BCUT2D eigenvalue weighted by Gasteiger charge is 2.41. The number of rotatable bonds is 5. The maximum atomic E-state index is 13.2. The molecule has 0 spiro atoms. The van der Waals surface area contributed by atoms with E-state index in [2.05, 4.69) is 29.0 Å². The summed E-state index contributed by atoms with van der Waals surface area (Å²) >= 11 is 0. The maximum Gasteiger partial charge on any atom is 0.410 e. The summed E-state index contributed by atoms with van der Waals surface area (Å²) in [6.07, 6.45) is 2.25. The number of carbonyl (C=O) groups is 3. The third-order valence-corrected chi connectivity index (χ3v) is 8.34. The number of phenols is 1. The van der Waals surface area contributed by atoms with E-state index in [-0.39, 0.29) is 41.2 Å². The lowest BCUT2D eigenvalue weighted by Crippen LogP contribution is -2.63. The molecule has 2 atom stereocenters. The van der Waals surface area contributed by atoms with Gasteiger partial charge in [0.25, 0.3) is 0 Å². The van der Waals surface area contributed by atoms with E-state index >= 15 is 0 Å². The molecule has 0 saturated carbocycles. The number of anilines is 1. The molecule has 3 heterocycles. The third-order valence-electron chi connectivity index (χ3n) is 8.34. The normalized spacial score (nSPS) is 24.4. The van der Waals surface area contributed by atoms with E-state index in [1.807, 2.05) is 30.6 Å². The van der Waals surface area contributed by atoms with Gasteiger partial charge in [-0.1, -0.05) is 0 Å². The predicted octanol–water partition coefficient (Wildman–Crippen LogP) is 2.97.